The quantitative estimate of drug-likeness (QED) is 0.280. The summed E-state index contributed by atoms with van der Waals surface area (Å²) in [5.41, 5.74) is 3.07. The van der Waals surface area contributed by atoms with Crippen LogP contribution in [0.4, 0.5) is 0 Å². The van der Waals surface area contributed by atoms with Gasteiger partial charge in [0, 0.05) is 29.2 Å². The number of aryl methyl sites for hydroxylation is 1. The van der Waals surface area contributed by atoms with E-state index < -0.39 is 6.10 Å². The van der Waals surface area contributed by atoms with Gasteiger partial charge in [-0.05, 0) is 50.9 Å². The number of aliphatic hydroxyl groups excluding tert-OH is 2. The number of fused-ring (bicyclic) bond motifs is 1. The summed E-state index contributed by atoms with van der Waals surface area (Å²) >= 11 is 0. The van der Waals surface area contributed by atoms with Gasteiger partial charge in [0.2, 0.25) is 0 Å². The summed E-state index contributed by atoms with van der Waals surface area (Å²) in [6.07, 6.45) is 1.84. The van der Waals surface area contributed by atoms with Crippen molar-refractivity contribution in [3.05, 3.63) is 96.2 Å². The van der Waals surface area contributed by atoms with Crippen LogP contribution in [0.5, 0.6) is 0 Å². The van der Waals surface area contributed by atoms with Crippen LogP contribution in [0.25, 0.3) is 43.2 Å². The molecular weight excluding hydrogens is 406 g/mol. The molecule has 1 aromatic heterocycles. The zero-order valence-corrected chi connectivity index (χ0v) is 18.1. The Labute approximate surface area is 191 Å². The second-order valence-corrected chi connectivity index (χ2v) is 8.60. The first-order chi connectivity index (χ1) is 16.2. The van der Waals surface area contributed by atoms with E-state index >= 15 is 0 Å². The highest BCUT2D eigenvalue weighted by Gasteiger charge is 2.11. The van der Waals surface area contributed by atoms with Crippen molar-refractivity contribution in [1.82, 2.24) is 4.57 Å². The van der Waals surface area contributed by atoms with Crippen molar-refractivity contribution in [2.24, 2.45) is 0 Å². The molecule has 160 valence electrons. The fourth-order valence-electron chi connectivity index (χ4n) is 4.89. The third kappa shape index (κ3) is 3.32. The van der Waals surface area contributed by atoms with Gasteiger partial charge in [-0.2, -0.15) is 0 Å². The molecule has 0 saturated heterocycles. The Morgan fingerprint density at radius 2 is 1.39 bits per heavy atom. The van der Waals surface area contributed by atoms with Gasteiger partial charge in [0.05, 0.1) is 18.3 Å². The maximum Gasteiger partial charge on any atom is 0.0787 e. The van der Waals surface area contributed by atoms with E-state index in [4.69, 9.17) is 5.11 Å². The fraction of sp³-hybridized carbons (Fsp3) is 0.133. The third-order valence-corrected chi connectivity index (χ3v) is 6.56. The van der Waals surface area contributed by atoms with Gasteiger partial charge in [-0.15, -0.1) is 0 Å². The van der Waals surface area contributed by atoms with Crippen molar-refractivity contribution in [3.8, 4) is 11.8 Å². The normalized spacial score (nSPS) is 12.5. The van der Waals surface area contributed by atoms with Crippen LogP contribution in [0.3, 0.4) is 0 Å². The molecule has 6 aromatic rings. The van der Waals surface area contributed by atoms with E-state index in [-0.39, 0.29) is 6.61 Å². The Morgan fingerprint density at radius 3 is 2.21 bits per heavy atom. The van der Waals surface area contributed by atoms with Gasteiger partial charge in [0.1, 0.15) is 0 Å². The molecular formula is C30H23NO2. The smallest absolute Gasteiger partial charge is 0.0787 e. The molecule has 3 heteroatoms. The molecule has 0 amide bonds. The second-order valence-electron chi connectivity index (χ2n) is 8.60. The van der Waals surface area contributed by atoms with Gasteiger partial charge < -0.3 is 14.8 Å². The van der Waals surface area contributed by atoms with Crippen molar-refractivity contribution in [2.75, 3.05) is 6.61 Å². The molecule has 0 radical (unpaired) electrons. The number of hydrogen-bond donors (Lipinski definition) is 2. The number of para-hydroxylation sites is 1. The van der Waals surface area contributed by atoms with Gasteiger partial charge in [-0.1, -0.05) is 78.6 Å². The van der Waals surface area contributed by atoms with Crippen LogP contribution in [-0.2, 0) is 6.54 Å². The number of aliphatic hydroxyl groups is 2. The van der Waals surface area contributed by atoms with Crippen molar-refractivity contribution >= 4 is 43.2 Å². The Balaban J connectivity index is 1.48. The lowest BCUT2D eigenvalue weighted by Crippen LogP contribution is -2.14. The summed E-state index contributed by atoms with van der Waals surface area (Å²) in [4.78, 5) is 0. The molecule has 6 rings (SSSR count). The van der Waals surface area contributed by atoms with Gasteiger partial charge in [-0.25, -0.2) is 0 Å². The van der Waals surface area contributed by atoms with Gasteiger partial charge in [0.25, 0.3) is 0 Å². The summed E-state index contributed by atoms with van der Waals surface area (Å²) in [7, 11) is 0. The summed E-state index contributed by atoms with van der Waals surface area (Å²) < 4.78 is 2.11. The number of rotatable bonds is 4. The molecule has 5 aromatic carbocycles. The molecule has 0 spiro atoms. The molecule has 1 heterocycles. The van der Waals surface area contributed by atoms with E-state index in [0.29, 0.717) is 13.0 Å². The van der Waals surface area contributed by atoms with Crippen molar-refractivity contribution in [2.45, 2.75) is 19.1 Å². The Morgan fingerprint density at radius 1 is 0.697 bits per heavy atom. The van der Waals surface area contributed by atoms with Crippen LogP contribution in [0, 0.1) is 11.8 Å². The SMILES string of the molecule is OC[C@@H](O)CCn1cc(C#Cc2ccc3ccc4cccc5ccc2c3c45)c2ccccc21. The van der Waals surface area contributed by atoms with Gasteiger partial charge in [-0.3, -0.25) is 0 Å². The average Bonchev–Trinajstić information content (AvgIpc) is 3.22. The van der Waals surface area contributed by atoms with Gasteiger partial charge in [0.15, 0.2) is 0 Å². The van der Waals surface area contributed by atoms with E-state index in [0.717, 1.165) is 22.0 Å². The molecule has 0 saturated carbocycles. The van der Waals surface area contributed by atoms with Gasteiger partial charge >= 0.3 is 0 Å². The minimum absolute atomic E-state index is 0.222. The average molecular weight is 430 g/mol. The van der Waals surface area contributed by atoms with Crippen molar-refractivity contribution < 1.29 is 10.2 Å². The zero-order chi connectivity index (χ0) is 22.4. The highest BCUT2D eigenvalue weighted by atomic mass is 16.3. The van der Waals surface area contributed by atoms with Crippen molar-refractivity contribution in [3.63, 3.8) is 0 Å². The van der Waals surface area contributed by atoms with Crippen LogP contribution in [0.2, 0.25) is 0 Å². The maximum atomic E-state index is 9.78. The lowest BCUT2D eigenvalue weighted by Gasteiger charge is -2.11. The number of aromatic nitrogens is 1. The van der Waals surface area contributed by atoms with E-state index in [9.17, 15) is 5.11 Å². The first-order valence-corrected chi connectivity index (χ1v) is 11.3. The Hall–Kier alpha value is -3.84. The summed E-state index contributed by atoms with van der Waals surface area (Å²) in [6, 6.07) is 27.7. The van der Waals surface area contributed by atoms with Crippen molar-refractivity contribution in [1.29, 1.82) is 0 Å². The lowest BCUT2D eigenvalue weighted by molar-refractivity contribution is 0.0849. The highest BCUT2D eigenvalue weighted by Crippen LogP contribution is 2.35. The predicted molar refractivity (Wildman–Crippen MR) is 136 cm³/mol. The number of nitrogens with zero attached hydrogens (tertiary/aromatic N) is 1. The first-order valence-electron chi connectivity index (χ1n) is 11.3. The minimum atomic E-state index is -0.710. The zero-order valence-electron chi connectivity index (χ0n) is 18.1. The molecule has 0 fully saturated rings. The highest BCUT2D eigenvalue weighted by molar-refractivity contribution is 6.23. The topological polar surface area (TPSA) is 45.4 Å². The largest absolute Gasteiger partial charge is 0.394 e. The standard InChI is InChI=1S/C30H23NO2/c32-19-25(33)16-17-31-18-24(26-6-1-2-7-28(26)31)13-9-20-8-10-23-12-11-21-4-3-5-22-14-15-27(20)30(23)29(21)22/h1-8,10-12,14-15,18,25,32-33H,16-17,19H2/t25-/m0/s1. The van der Waals surface area contributed by atoms with E-state index in [1.165, 1.54) is 32.3 Å². The Bertz CT molecular complexity index is 1670. The fourth-order valence-corrected chi connectivity index (χ4v) is 4.89. The molecule has 0 aliphatic carbocycles. The van der Waals surface area contributed by atoms with E-state index in [2.05, 4.69) is 89.3 Å². The maximum absolute atomic E-state index is 9.78. The van der Waals surface area contributed by atoms with Crippen LogP contribution in [0.1, 0.15) is 17.5 Å². The number of benzene rings is 5. The molecule has 0 aliphatic rings. The van der Waals surface area contributed by atoms with Crippen LogP contribution >= 0.6 is 0 Å². The summed E-state index contributed by atoms with van der Waals surface area (Å²) in [5, 5.41) is 27.5. The van der Waals surface area contributed by atoms with Crippen LogP contribution in [0.15, 0.2) is 85.1 Å². The van der Waals surface area contributed by atoms with E-state index in [1.54, 1.807) is 0 Å². The molecule has 1 atom stereocenters. The number of hydrogen-bond acceptors (Lipinski definition) is 2. The Kier molecular flexibility index (Phi) is 4.77. The molecule has 0 bridgehead atoms. The first kappa shape index (κ1) is 19.8. The van der Waals surface area contributed by atoms with Crippen LogP contribution in [-0.4, -0.2) is 27.5 Å². The molecule has 2 N–H and O–H groups in total. The lowest BCUT2D eigenvalue weighted by atomic mass is 9.92. The van der Waals surface area contributed by atoms with Crippen LogP contribution < -0.4 is 0 Å². The monoisotopic (exact) mass is 429 g/mol. The molecule has 0 unspecified atom stereocenters. The molecule has 0 aliphatic heterocycles. The predicted octanol–water partition coefficient (Wildman–Crippen LogP) is 5.68. The molecule has 33 heavy (non-hydrogen) atoms. The summed E-state index contributed by atoms with van der Waals surface area (Å²) in [6.45, 7) is 0.406. The minimum Gasteiger partial charge on any atom is -0.394 e. The van der Waals surface area contributed by atoms with E-state index in [1.807, 2.05) is 12.1 Å². The second kappa shape index (κ2) is 7.94. The molecule has 3 nitrogen and oxygen atoms in total. The summed E-state index contributed by atoms with van der Waals surface area (Å²) in [5.74, 6) is 6.86. The third-order valence-electron chi connectivity index (χ3n) is 6.56.